The molecule has 0 saturated carbocycles. The van der Waals surface area contributed by atoms with E-state index in [9.17, 15) is 0 Å². The van der Waals surface area contributed by atoms with Gasteiger partial charge in [-0.2, -0.15) is 4.39 Å². The number of rotatable bonds is 8. The molecule has 0 amide bonds. The van der Waals surface area contributed by atoms with Crippen molar-refractivity contribution in [3.63, 3.8) is 0 Å². The number of halogens is 1. The second-order valence-electron chi connectivity index (χ2n) is 8.04. The van der Waals surface area contributed by atoms with E-state index >= 15 is 4.39 Å². The molecule has 4 rings (SSSR count). The third-order valence-corrected chi connectivity index (χ3v) is 5.60. The molecule has 2 fully saturated rings. The van der Waals surface area contributed by atoms with Crippen LogP contribution in [-0.2, 0) is 16.0 Å². The van der Waals surface area contributed by atoms with Crippen LogP contribution in [0.5, 0.6) is 5.88 Å². The fourth-order valence-corrected chi connectivity index (χ4v) is 3.84. The van der Waals surface area contributed by atoms with Crippen molar-refractivity contribution in [3.05, 3.63) is 53.0 Å². The van der Waals surface area contributed by atoms with Crippen molar-refractivity contribution >= 4 is 11.9 Å². The zero-order valence-corrected chi connectivity index (χ0v) is 18.6. The molecule has 32 heavy (non-hydrogen) atoms. The standard InChI is InChI=1S/C24H31FN4O3/c1-19-3-2-4-20(15-19)17-26-18-21-16-22(29-8-12-31-13-9-29)23(25)24(27-21)32-14-7-28-5-10-30-11-6-28/h2-4,15-17H,5-14,18H2,1H3. The lowest BCUT2D eigenvalue weighted by molar-refractivity contribution is 0.0317. The molecule has 0 atom stereocenters. The van der Waals surface area contributed by atoms with Crippen molar-refractivity contribution < 1.29 is 18.6 Å². The SMILES string of the molecule is Cc1cccc(C=NCc2cc(N3CCOCC3)c(F)c(OCCN3CCOCC3)n2)c1. The Bertz CT molecular complexity index is 912. The Kier molecular flexibility index (Phi) is 8.03. The smallest absolute Gasteiger partial charge is 0.252 e. The van der Waals surface area contributed by atoms with Crippen LogP contribution >= 0.6 is 0 Å². The van der Waals surface area contributed by atoms with Crippen LogP contribution in [0.4, 0.5) is 10.1 Å². The summed E-state index contributed by atoms with van der Waals surface area (Å²) in [7, 11) is 0. The largest absolute Gasteiger partial charge is 0.474 e. The molecule has 8 heteroatoms. The Hall–Kier alpha value is -2.55. The highest BCUT2D eigenvalue weighted by Gasteiger charge is 2.21. The number of aromatic nitrogens is 1. The summed E-state index contributed by atoms with van der Waals surface area (Å²) in [6.45, 7) is 9.11. The average molecular weight is 443 g/mol. The number of hydrogen-bond donors (Lipinski definition) is 0. The van der Waals surface area contributed by atoms with Gasteiger partial charge in [0.25, 0.3) is 5.88 Å². The molecule has 3 heterocycles. The van der Waals surface area contributed by atoms with E-state index in [1.165, 1.54) is 5.56 Å². The second kappa shape index (κ2) is 11.4. The van der Waals surface area contributed by atoms with Crippen LogP contribution in [-0.4, -0.2) is 81.9 Å². The van der Waals surface area contributed by atoms with Crippen LogP contribution in [0.2, 0.25) is 0 Å². The summed E-state index contributed by atoms with van der Waals surface area (Å²) >= 11 is 0. The van der Waals surface area contributed by atoms with E-state index in [2.05, 4.69) is 20.9 Å². The summed E-state index contributed by atoms with van der Waals surface area (Å²) in [6, 6.07) is 9.91. The van der Waals surface area contributed by atoms with Gasteiger partial charge in [0.05, 0.1) is 44.4 Å². The van der Waals surface area contributed by atoms with Gasteiger partial charge in [0, 0.05) is 38.9 Å². The van der Waals surface area contributed by atoms with E-state index < -0.39 is 5.82 Å². The van der Waals surface area contributed by atoms with E-state index in [1.54, 1.807) is 6.07 Å². The molecule has 0 N–H and O–H groups in total. The van der Waals surface area contributed by atoms with Crippen molar-refractivity contribution in [3.8, 4) is 5.88 Å². The van der Waals surface area contributed by atoms with Crippen molar-refractivity contribution in [2.75, 3.05) is 70.7 Å². The fourth-order valence-electron chi connectivity index (χ4n) is 3.84. The van der Waals surface area contributed by atoms with E-state index in [4.69, 9.17) is 14.2 Å². The molecule has 0 radical (unpaired) electrons. The lowest BCUT2D eigenvalue weighted by Gasteiger charge is -2.30. The van der Waals surface area contributed by atoms with Gasteiger partial charge in [-0.15, -0.1) is 0 Å². The first-order valence-corrected chi connectivity index (χ1v) is 11.2. The number of ether oxygens (including phenoxy) is 3. The van der Waals surface area contributed by atoms with E-state index in [1.807, 2.05) is 36.2 Å². The van der Waals surface area contributed by atoms with Crippen molar-refractivity contribution in [1.29, 1.82) is 0 Å². The first-order valence-electron chi connectivity index (χ1n) is 11.2. The van der Waals surface area contributed by atoms with E-state index in [-0.39, 0.29) is 5.88 Å². The topological polar surface area (TPSA) is 59.4 Å². The highest BCUT2D eigenvalue weighted by Crippen LogP contribution is 2.28. The summed E-state index contributed by atoms with van der Waals surface area (Å²) in [4.78, 5) is 13.2. The third-order valence-electron chi connectivity index (χ3n) is 5.60. The molecule has 1 aromatic carbocycles. The first kappa shape index (κ1) is 22.6. The highest BCUT2D eigenvalue weighted by atomic mass is 19.1. The van der Waals surface area contributed by atoms with Gasteiger partial charge in [0.2, 0.25) is 5.82 Å². The van der Waals surface area contributed by atoms with Crippen LogP contribution in [0, 0.1) is 12.7 Å². The normalized spacial score (nSPS) is 17.8. The van der Waals surface area contributed by atoms with Gasteiger partial charge in [-0.25, -0.2) is 4.98 Å². The van der Waals surface area contributed by atoms with Crippen LogP contribution in [0.3, 0.4) is 0 Å². The van der Waals surface area contributed by atoms with Crippen LogP contribution < -0.4 is 9.64 Å². The molecule has 2 aromatic rings. The molecule has 2 aliphatic rings. The molecule has 0 unspecified atom stereocenters. The van der Waals surface area contributed by atoms with Crippen LogP contribution in [0.25, 0.3) is 0 Å². The van der Waals surface area contributed by atoms with E-state index in [0.717, 1.165) is 31.9 Å². The molecule has 2 aliphatic heterocycles. The lowest BCUT2D eigenvalue weighted by atomic mass is 10.1. The Labute approximate surface area is 188 Å². The maximum atomic E-state index is 15.3. The van der Waals surface area contributed by atoms with Crippen molar-refractivity contribution in [2.24, 2.45) is 4.99 Å². The van der Waals surface area contributed by atoms with Crippen molar-refractivity contribution in [2.45, 2.75) is 13.5 Å². The van der Waals surface area contributed by atoms with Gasteiger partial charge in [-0.3, -0.25) is 9.89 Å². The van der Waals surface area contributed by atoms with Gasteiger partial charge >= 0.3 is 0 Å². The molecule has 1 aromatic heterocycles. The number of nitrogens with zero attached hydrogens (tertiary/aromatic N) is 4. The minimum absolute atomic E-state index is 0.0445. The Morgan fingerprint density at radius 1 is 1.09 bits per heavy atom. The number of hydrogen-bond acceptors (Lipinski definition) is 7. The maximum absolute atomic E-state index is 15.3. The summed E-state index contributed by atoms with van der Waals surface area (Å²) < 4.78 is 31.9. The zero-order chi connectivity index (χ0) is 22.2. The average Bonchev–Trinajstić information content (AvgIpc) is 2.82. The van der Waals surface area contributed by atoms with Gasteiger partial charge < -0.3 is 19.1 Å². The molecule has 2 saturated heterocycles. The minimum atomic E-state index is -0.416. The monoisotopic (exact) mass is 442 g/mol. The van der Waals surface area contributed by atoms with Crippen molar-refractivity contribution in [1.82, 2.24) is 9.88 Å². The van der Waals surface area contributed by atoms with Gasteiger partial charge in [0.1, 0.15) is 6.61 Å². The molecule has 0 bridgehead atoms. The van der Waals surface area contributed by atoms with E-state index in [0.29, 0.717) is 57.4 Å². The number of anilines is 1. The van der Waals surface area contributed by atoms with Gasteiger partial charge in [-0.1, -0.05) is 29.8 Å². The Morgan fingerprint density at radius 3 is 2.59 bits per heavy atom. The summed E-state index contributed by atoms with van der Waals surface area (Å²) in [5.74, 6) is -0.372. The summed E-state index contributed by atoms with van der Waals surface area (Å²) in [6.07, 6.45) is 1.82. The summed E-state index contributed by atoms with van der Waals surface area (Å²) in [5.41, 5.74) is 3.39. The molecule has 0 spiro atoms. The molecule has 7 nitrogen and oxygen atoms in total. The summed E-state index contributed by atoms with van der Waals surface area (Å²) in [5, 5.41) is 0. The minimum Gasteiger partial charge on any atom is -0.474 e. The highest BCUT2D eigenvalue weighted by molar-refractivity contribution is 5.79. The third kappa shape index (κ3) is 6.25. The molecule has 0 aliphatic carbocycles. The number of pyridine rings is 1. The molecular formula is C24H31FN4O3. The Morgan fingerprint density at radius 2 is 1.84 bits per heavy atom. The molecule has 172 valence electrons. The Balaban J connectivity index is 1.48. The van der Waals surface area contributed by atoms with Crippen LogP contribution in [0.1, 0.15) is 16.8 Å². The fraction of sp³-hybridized carbons (Fsp3) is 0.500. The number of aliphatic imine (C=N–C) groups is 1. The number of aryl methyl sites for hydroxylation is 1. The quantitative estimate of drug-likeness (QED) is 0.586. The van der Waals surface area contributed by atoms with Gasteiger partial charge in [0.15, 0.2) is 0 Å². The van der Waals surface area contributed by atoms with Crippen LogP contribution in [0.15, 0.2) is 35.3 Å². The first-order chi connectivity index (χ1) is 15.7. The predicted molar refractivity (Wildman–Crippen MR) is 122 cm³/mol. The lowest BCUT2D eigenvalue weighted by Crippen LogP contribution is -2.39. The predicted octanol–water partition coefficient (Wildman–Crippen LogP) is 2.70. The van der Waals surface area contributed by atoms with Gasteiger partial charge in [-0.05, 0) is 18.6 Å². The maximum Gasteiger partial charge on any atom is 0.252 e. The second-order valence-corrected chi connectivity index (χ2v) is 8.04. The number of benzene rings is 1. The zero-order valence-electron chi connectivity index (χ0n) is 18.6. The number of morpholine rings is 2. The molecular weight excluding hydrogens is 411 g/mol.